The molecule has 1 N–H and O–H groups in total. The molecular weight excluding hydrogens is 332 g/mol. The molecule has 0 atom stereocenters. The van der Waals surface area contributed by atoms with E-state index < -0.39 is 17.6 Å². The van der Waals surface area contributed by atoms with Crippen LogP contribution < -0.4 is 0 Å². The van der Waals surface area contributed by atoms with E-state index in [1.165, 1.54) is 13.2 Å². The van der Waals surface area contributed by atoms with Crippen molar-refractivity contribution >= 4 is 11.9 Å². The van der Waals surface area contributed by atoms with Crippen LogP contribution in [0.3, 0.4) is 0 Å². The summed E-state index contributed by atoms with van der Waals surface area (Å²) in [5.74, 6) is -2.46. The molecule has 0 saturated heterocycles. The Bertz CT molecular complexity index is 819. The predicted molar refractivity (Wildman–Crippen MR) is 84.3 cm³/mol. The molecule has 0 spiro atoms. The predicted octanol–water partition coefficient (Wildman–Crippen LogP) is 2.19. The molecule has 1 amide bonds. The second-order valence-corrected chi connectivity index (χ2v) is 5.80. The van der Waals surface area contributed by atoms with E-state index in [2.05, 4.69) is 14.9 Å². The lowest BCUT2D eigenvalue weighted by Gasteiger charge is -2.27. The SMILES string of the molecule is COC(=O)CCC(=O)N1CCc2[nH]nc(-c3ccc(F)c(F)c3)c2C1. The lowest BCUT2D eigenvalue weighted by molar-refractivity contribution is -0.143. The van der Waals surface area contributed by atoms with Gasteiger partial charge in [-0.15, -0.1) is 0 Å². The van der Waals surface area contributed by atoms with Gasteiger partial charge in [-0.05, 0) is 18.2 Å². The molecular formula is C17H17F2N3O3. The third-order valence-corrected chi connectivity index (χ3v) is 4.25. The number of ether oxygens (including phenoxy) is 1. The van der Waals surface area contributed by atoms with Crippen LogP contribution in [-0.4, -0.2) is 40.6 Å². The number of benzene rings is 1. The maximum atomic E-state index is 13.5. The van der Waals surface area contributed by atoms with Crippen LogP contribution in [0, 0.1) is 11.6 Å². The number of aromatic nitrogens is 2. The molecule has 25 heavy (non-hydrogen) atoms. The second-order valence-electron chi connectivity index (χ2n) is 5.80. The molecule has 1 aromatic heterocycles. The number of halogens is 2. The molecule has 0 saturated carbocycles. The molecule has 132 valence electrons. The summed E-state index contributed by atoms with van der Waals surface area (Å²) >= 11 is 0. The number of esters is 1. The highest BCUT2D eigenvalue weighted by Gasteiger charge is 2.26. The Labute approximate surface area is 142 Å². The zero-order chi connectivity index (χ0) is 18.0. The summed E-state index contributed by atoms with van der Waals surface area (Å²) in [6.07, 6.45) is 0.677. The van der Waals surface area contributed by atoms with Crippen molar-refractivity contribution in [2.75, 3.05) is 13.7 Å². The van der Waals surface area contributed by atoms with Crippen molar-refractivity contribution in [1.29, 1.82) is 0 Å². The quantitative estimate of drug-likeness (QED) is 0.859. The standard InChI is InChI=1S/C17H17F2N3O3/c1-25-16(24)5-4-15(23)22-7-6-14-11(9-22)17(21-20-14)10-2-3-12(18)13(19)8-10/h2-3,8H,4-7,9H2,1H3,(H,20,21). The molecule has 0 radical (unpaired) electrons. The van der Waals surface area contributed by atoms with E-state index in [-0.39, 0.29) is 18.7 Å². The smallest absolute Gasteiger partial charge is 0.306 e. The lowest BCUT2D eigenvalue weighted by Crippen LogP contribution is -2.36. The Balaban J connectivity index is 1.78. The molecule has 0 fully saturated rings. The minimum Gasteiger partial charge on any atom is -0.469 e. The maximum absolute atomic E-state index is 13.5. The summed E-state index contributed by atoms with van der Waals surface area (Å²) in [5.41, 5.74) is 2.60. The van der Waals surface area contributed by atoms with Gasteiger partial charge in [0.05, 0.1) is 19.2 Å². The van der Waals surface area contributed by atoms with Gasteiger partial charge >= 0.3 is 5.97 Å². The van der Waals surface area contributed by atoms with Gasteiger partial charge in [-0.2, -0.15) is 5.10 Å². The van der Waals surface area contributed by atoms with Crippen LogP contribution in [0.1, 0.15) is 24.1 Å². The number of rotatable bonds is 4. The Morgan fingerprint density at radius 3 is 2.80 bits per heavy atom. The lowest BCUT2D eigenvalue weighted by atomic mass is 10.0. The third kappa shape index (κ3) is 3.52. The van der Waals surface area contributed by atoms with Crippen LogP contribution in [-0.2, 0) is 27.3 Å². The number of nitrogens with one attached hydrogen (secondary N) is 1. The Kier molecular flexibility index (Phi) is 4.78. The minimum atomic E-state index is -0.948. The second kappa shape index (κ2) is 7.00. The Morgan fingerprint density at radius 1 is 1.28 bits per heavy atom. The molecule has 2 aromatic rings. The molecule has 0 unspecified atom stereocenters. The average molecular weight is 349 g/mol. The number of carbonyl (C=O) groups excluding carboxylic acids is 2. The number of aromatic amines is 1. The fourth-order valence-corrected chi connectivity index (χ4v) is 2.86. The molecule has 6 nitrogen and oxygen atoms in total. The Morgan fingerprint density at radius 2 is 2.08 bits per heavy atom. The van der Waals surface area contributed by atoms with Gasteiger partial charge < -0.3 is 9.64 Å². The van der Waals surface area contributed by atoms with Crippen molar-refractivity contribution in [1.82, 2.24) is 15.1 Å². The van der Waals surface area contributed by atoms with E-state index in [0.29, 0.717) is 30.8 Å². The van der Waals surface area contributed by atoms with Crippen molar-refractivity contribution in [3.63, 3.8) is 0 Å². The molecule has 1 aliphatic heterocycles. The summed E-state index contributed by atoms with van der Waals surface area (Å²) in [5, 5.41) is 7.09. The first-order valence-corrected chi connectivity index (χ1v) is 7.85. The molecule has 8 heteroatoms. The number of amides is 1. The summed E-state index contributed by atoms with van der Waals surface area (Å²) in [4.78, 5) is 25.1. The van der Waals surface area contributed by atoms with E-state index in [4.69, 9.17) is 0 Å². The first-order chi connectivity index (χ1) is 12.0. The van der Waals surface area contributed by atoms with E-state index in [0.717, 1.165) is 23.4 Å². The molecule has 0 bridgehead atoms. The molecule has 1 aliphatic rings. The van der Waals surface area contributed by atoms with Crippen LogP contribution in [0.4, 0.5) is 8.78 Å². The number of hydrogen-bond acceptors (Lipinski definition) is 4. The molecule has 2 heterocycles. The number of nitrogens with zero attached hydrogens (tertiary/aromatic N) is 2. The first-order valence-electron chi connectivity index (χ1n) is 7.85. The number of H-pyrrole nitrogens is 1. The Hall–Kier alpha value is -2.77. The maximum Gasteiger partial charge on any atom is 0.306 e. The van der Waals surface area contributed by atoms with Crippen LogP contribution >= 0.6 is 0 Å². The number of carbonyl (C=O) groups is 2. The fraction of sp³-hybridized carbons (Fsp3) is 0.353. The minimum absolute atomic E-state index is 0.0279. The van der Waals surface area contributed by atoms with Gasteiger partial charge in [0.25, 0.3) is 0 Å². The highest BCUT2D eigenvalue weighted by molar-refractivity contribution is 5.81. The van der Waals surface area contributed by atoms with E-state index in [9.17, 15) is 18.4 Å². The van der Waals surface area contributed by atoms with Crippen molar-refractivity contribution in [3.05, 3.63) is 41.1 Å². The van der Waals surface area contributed by atoms with Crippen molar-refractivity contribution in [2.45, 2.75) is 25.8 Å². The normalized spacial score (nSPS) is 13.5. The number of hydrogen-bond donors (Lipinski definition) is 1. The third-order valence-electron chi connectivity index (χ3n) is 4.25. The van der Waals surface area contributed by atoms with Crippen molar-refractivity contribution < 1.29 is 23.1 Å². The van der Waals surface area contributed by atoms with Gasteiger partial charge in [0.15, 0.2) is 11.6 Å². The van der Waals surface area contributed by atoms with Crippen LogP contribution in [0.5, 0.6) is 0 Å². The van der Waals surface area contributed by atoms with Crippen molar-refractivity contribution in [2.24, 2.45) is 0 Å². The largest absolute Gasteiger partial charge is 0.469 e. The van der Waals surface area contributed by atoms with Gasteiger partial charge in [0, 0.05) is 42.8 Å². The molecule has 1 aromatic carbocycles. The van der Waals surface area contributed by atoms with Gasteiger partial charge in [0.2, 0.25) is 5.91 Å². The van der Waals surface area contributed by atoms with Crippen LogP contribution in [0.2, 0.25) is 0 Å². The van der Waals surface area contributed by atoms with E-state index >= 15 is 0 Å². The van der Waals surface area contributed by atoms with Gasteiger partial charge in [0.1, 0.15) is 0 Å². The zero-order valence-electron chi connectivity index (χ0n) is 13.6. The van der Waals surface area contributed by atoms with E-state index in [1.807, 2.05) is 0 Å². The average Bonchev–Trinajstić information content (AvgIpc) is 3.04. The summed E-state index contributed by atoms with van der Waals surface area (Å²) in [7, 11) is 1.28. The number of methoxy groups -OCH3 is 1. The van der Waals surface area contributed by atoms with Gasteiger partial charge in [-0.3, -0.25) is 14.7 Å². The van der Waals surface area contributed by atoms with Crippen LogP contribution in [0.25, 0.3) is 11.3 Å². The zero-order valence-corrected chi connectivity index (χ0v) is 13.6. The monoisotopic (exact) mass is 349 g/mol. The highest BCUT2D eigenvalue weighted by Crippen LogP contribution is 2.29. The first kappa shape index (κ1) is 17.1. The van der Waals surface area contributed by atoms with Gasteiger partial charge in [-0.1, -0.05) is 0 Å². The highest BCUT2D eigenvalue weighted by atomic mass is 19.2. The summed E-state index contributed by atoms with van der Waals surface area (Å²) in [6, 6.07) is 3.59. The van der Waals surface area contributed by atoms with Crippen molar-refractivity contribution in [3.8, 4) is 11.3 Å². The van der Waals surface area contributed by atoms with Gasteiger partial charge in [-0.25, -0.2) is 8.78 Å². The fourth-order valence-electron chi connectivity index (χ4n) is 2.86. The number of fused-ring (bicyclic) bond motifs is 1. The van der Waals surface area contributed by atoms with Crippen LogP contribution in [0.15, 0.2) is 18.2 Å². The molecule has 0 aliphatic carbocycles. The summed E-state index contributed by atoms with van der Waals surface area (Å²) in [6.45, 7) is 0.812. The molecule has 3 rings (SSSR count). The van der Waals surface area contributed by atoms with E-state index in [1.54, 1.807) is 4.90 Å². The topological polar surface area (TPSA) is 75.3 Å². The summed E-state index contributed by atoms with van der Waals surface area (Å²) < 4.78 is 31.2.